The molecule has 0 aromatic carbocycles. The lowest BCUT2D eigenvalue weighted by Gasteiger charge is -2.34. The predicted molar refractivity (Wildman–Crippen MR) is 63.0 cm³/mol. The van der Waals surface area contributed by atoms with Gasteiger partial charge in [-0.15, -0.1) is 0 Å². The predicted octanol–water partition coefficient (Wildman–Crippen LogP) is 0.314. The summed E-state index contributed by atoms with van der Waals surface area (Å²) in [6, 6.07) is 0. The number of amides is 1. The first-order valence-corrected chi connectivity index (χ1v) is 6.28. The molecule has 0 aromatic rings. The highest BCUT2D eigenvalue weighted by Crippen LogP contribution is 2.24. The smallest absolute Gasteiger partial charge is 0.248 e. The molecular weight excluding hydrogens is 212 g/mol. The van der Waals surface area contributed by atoms with Crippen LogP contribution in [0.4, 0.5) is 0 Å². The Hall–Kier alpha value is -0.260. The largest absolute Gasteiger partial charge is 0.370 e. The third-order valence-corrected chi connectivity index (χ3v) is 3.49. The maximum Gasteiger partial charge on any atom is 0.248 e. The van der Waals surface area contributed by atoms with Gasteiger partial charge in [0, 0.05) is 30.1 Å². The number of ether oxygens (including phenoxy) is 1. The highest BCUT2D eigenvalue weighted by molar-refractivity contribution is 8.00. The number of rotatable bonds is 4. The van der Waals surface area contributed by atoms with Gasteiger partial charge in [0.1, 0.15) is 6.61 Å². The maximum absolute atomic E-state index is 11.7. The molecule has 0 aromatic heterocycles. The Morgan fingerprint density at radius 2 is 2.07 bits per heavy atom. The molecule has 5 heteroatoms. The standard InChI is InChI=1S/C10H20N2O2S/c1-8-5-12(6-9(2)15-8)10(13)7-14-4-3-11/h8-9H,3-7,11H2,1-2H3. The van der Waals surface area contributed by atoms with Crippen LogP contribution in [0.3, 0.4) is 0 Å². The van der Waals surface area contributed by atoms with E-state index in [1.54, 1.807) is 0 Å². The molecule has 1 saturated heterocycles. The molecule has 1 amide bonds. The minimum Gasteiger partial charge on any atom is -0.370 e. The van der Waals surface area contributed by atoms with Gasteiger partial charge in [-0.25, -0.2) is 0 Å². The summed E-state index contributed by atoms with van der Waals surface area (Å²) in [6.45, 7) is 7.07. The van der Waals surface area contributed by atoms with Crippen molar-refractivity contribution in [1.82, 2.24) is 4.90 Å². The van der Waals surface area contributed by atoms with Crippen molar-refractivity contribution >= 4 is 17.7 Å². The van der Waals surface area contributed by atoms with Crippen molar-refractivity contribution in [1.29, 1.82) is 0 Å². The van der Waals surface area contributed by atoms with Crippen LogP contribution in [0.1, 0.15) is 13.8 Å². The van der Waals surface area contributed by atoms with Gasteiger partial charge in [-0.1, -0.05) is 13.8 Å². The SMILES string of the molecule is CC1CN(C(=O)COCCN)CC(C)S1. The number of carbonyl (C=O) groups excluding carboxylic acids is 1. The molecule has 1 aliphatic heterocycles. The van der Waals surface area contributed by atoms with Crippen LogP contribution in [0.5, 0.6) is 0 Å². The molecule has 0 aliphatic carbocycles. The Kier molecular flexibility index (Phi) is 5.42. The highest BCUT2D eigenvalue weighted by Gasteiger charge is 2.25. The van der Waals surface area contributed by atoms with Crippen molar-refractivity contribution in [3.63, 3.8) is 0 Å². The van der Waals surface area contributed by atoms with Crippen LogP contribution >= 0.6 is 11.8 Å². The van der Waals surface area contributed by atoms with Crippen LogP contribution in [0.2, 0.25) is 0 Å². The van der Waals surface area contributed by atoms with E-state index in [0.717, 1.165) is 13.1 Å². The molecule has 0 saturated carbocycles. The first kappa shape index (κ1) is 12.8. The summed E-state index contributed by atoms with van der Waals surface area (Å²) in [7, 11) is 0. The second kappa shape index (κ2) is 6.35. The second-order valence-corrected chi connectivity index (χ2v) is 5.78. The summed E-state index contributed by atoms with van der Waals surface area (Å²) in [5.74, 6) is 0.0856. The van der Waals surface area contributed by atoms with E-state index < -0.39 is 0 Å². The monoisotopic (exact) mass is 232 g/mol. The lowest BCUT2D eigenvalue weighted by atomic mass is 10.3. The summed E-state index contributed by atoms with van der Waals surface area (Å²) < 4.78 is 5.15. The van der Waals surface area contributed by atoms with Gasteiger partial charge in [0.2, 0.25) is 5.91 Å². The first-order chi connectivity index (χ1) is 7.13. The van der Waals surface area contributed by atoms with Gasteiger partial charge in [-0.3, -0.25) is 4.79 Å². The number of nitrogens with two attached hydrogens (primary N) is 1. The van der Waals surface area contributed by atoms with Gasteiger partial charge in [0.05, 0.1) is 6.61 Å². The zero-order chi connectivity index (χ0) is 11.3. The third-order valence-electron chi connectivity index (χ3n) is 2.26. The van der Waals surface area contributed by atoms with Crippen LogP contribution in [-0.2, 0) is 9.53 Å². The number of carbonyl (C=O) groups is 1. The van der Waals surface area contributed by atoms with Crippen LogP contribution in [0.25, 0.3) is 0 Å². The zero-order valence-electron chi connectivity index (χ0n) is 9.44. The van der Waals surface area contributed by atoms with E-state index in [0.29, 0.717) is 23.7 Å². The molecule has 88 valence electrons. The average molecular weight is 232 g/mol. The molecule has 0 bridgehead atoms. The molecular formula is C10H20N2O2S. The Bertz CT molecular complexity index is 204. The number of hydrogen-bond acceptors (Lipinski definition) is 4. The minimum absolute atomic E-state index is 0.0856. The van der Waals surface area contributed by atoms with Crippen molar-refractivity contribution in [2.24, 2.45) is 5.73 Å². The van der Waals surface area contributed by atoms with Crippen molar-refractivity contribution in [2.75, 3.05) is 32.8 Å². The normalized spacial score (nSPS) is 26.7. The molecule has 4 nitrogen and oxygen atoms in total. The first-order valence-electron chi connectivity index (χ1n) is 5.34. The molecule has 2 atom stereocenters. The number of nitrogens with zero attached hydrogens (tertiary/aromatic N) is 1. The topological polar surface area (TPSA) is 55.6 Å². The summed E-state index contributed by atoms with van der Waals surface area (Å²) >= 11 is 1.94. The van der Waals surface area contributed by atoms with Crippen molar-refractivity contribution in [3.05, 3.63) is 0 Å². The molecule has 1 rings (SSSR count). The lowest BCUT2D eigenvalue weighted by molar-refractivity contribution is -0.136. The minimum atomic E-state index is 0.0856. The summed E-state index contributed by atoms with van der Waals surface area (Å²) in [6.07, 6.45) is 0. The summed E-state index contributed by atoms with van der Waals surface area (Å²) in [5, 5.41) is 1.04. The van der Waals surface area contributed by atoms with Gasteiger partial charge >= 0.3 is 0 Å². The van der Waals surface area contributed by atoms with E-state index in [9.17, 15) is 4.79 Å². The van der Waals surface area contributed by atoms with Crippen molar-refractivity contribution < 1.29 is 9.53 Å². The van der Waals surface area contributed by atoms with E-state index in [1.165, 1.54) is 0 Å². The van der Waals surface area contributed by atoms with E-state index in [2.05, 4.69) is 13.8 Å². The highest BCUT2D eigenvalue weighted by atomic mass is 32.2. The quantitative estimate of drug-likeness (QED) is 0.709. The van der Waals surface area contributed by atoms with Gasteiger partial charge in [0.25, 0.3) is 0 Å². The Balaban J connectivity index is 2.31. The van der Waals surface area contributed by atoms with Crippen LogP contribution < -0.4 is 5.73 Å². The van der Waals surface area contributed by atoms with Crippen LogP contribution in [-0.4, -0.2) is 54.2 Å². The molecule has 1 aliphatic rings. The summed E-state index contributed by atoms with van der Waals surface area (Å²) in [5.41, 5.74) is 5.28. The van der Waals surface area contributed by atoms with Crippen molar-refractivity contribution in [3.8, 4) is 0 Å². The van der Waals surface area contributed by atoms with Crippen LogP contribution in [0.15, 0.2) is 0 Å². The lowest BCUT2D eigenvalue weighted by Crippen LogP contribution is -2.45. The van der Waals surface area contributed by atoms with E-state index >= 15 is 0 Å². The second-order valence-electron chi connectivity index (χ2n) is 3.90. The molecule has 0 spiro atoms. The molecule has 1 heterocycles. The Labute approximate surface area is 95.5 Å². The zero-order valence-corrected chi connectivity index (χ0v) is 10.3. The maximum atomic E-state index is 11.7. The third kappa shape index (κ3) is 4.40. The number of thioether (sulfide) groups is 1. The summed E-state index contributed by atoms with van der Waals surface area (Å²) in [4.78, 5) is 13.6. The molecule has 15 heavy (non-hydrogen) atoms. The van der Waals surface area contributed by atoms with Gasteiger partial charge in [0.15, 0.2) is 0 Å². The van der Waals surface area contributed by atoms with Crippen LogP contribution in [0, 0.1) is 0 Å². The van der Waals surface area contributed by atoms with Crippen molar-refractivity contribution in [2.45, 2.75) is 24.3 Å². The molecule has 2 unspecified atom stereocenters. The van der Waals surface area contributed by atoms with Gasteiger partial charge < -0.3 is 15.4 Å². The van der Waals surface area contributed by atoms with Gasteiger partial charge in [-0.05, 0) is 0 Å². The Morgan fingerprint density at radius 1 is 1.47 bits per heavy atom. The van der Waals surface area contributed by atoms with E-state index in [1.807, 2.05) is 16.7 Å². The fourth-order valence-electron chi connectivity index (χ4n) is 1.72. The van der Waals surface area contributed by atoms with E-state index in [-0.39, 0.29) is 12.5 Å². The van der Waals surface area contributed by atoms with Gasteiger partial charge in [-0.2, -0.15) is 11.8 Å². The fraction of sp³-hybridized carbons (Fsp3) is 0.900. The number of hydrogen-bond donors (Lipinski definition) is 1. The molecule has 1 fully saturated rings. The average Bonchev–Trinajstić information content (AvgIpc) is 2.16. The Morgan fingerprint density at radius 3 is 2.60 bits per heavy atom. The molecule has 0 radical (unpaired) electrons. The fourth-order valence-corrected chi connectivity index (χ4v) is 3.04. The van der Waals surface area contributed by atoms with E-state index in [4.69, 9.17) is 10.5 Å². The molecule has 2 N–H and O–H groups in total.